The maximum Gasteiger partial charge on any atom is 0.163 e. The predicted molar refractivity (Wildman–Crippen MR) is 75.3 cm³/mol. The zero-order chi connectivity index (χ0) is 13.7. The Bertz CT molecular complexity index is 406. The van der Waals surface area contributed by atoms with Gasteiger partial charge in [-0.15, -0.1) is 0 Å². The van der Waals surface area contributed by atoms with Gasteiger partial charge in [0.05, 0.1) is 6.10 Å². The van der Waals surface area contributed by atoms with Crippen LogP contribution in [0.4, 0.5) is 0 Å². The van der Waals surface area contributed by atoms with E-state index < -0.39 is 0 Å². The Labute approximate surface area is 110 Å². The lowest BCUT2D eigenvalue weighted by Gasteiger charge is -2.13. The van der Waals surface area contributed by atoms with Crippen molar-refractivity contribution in [2.24, 2.45) is 5.92 Å². The molecule has 0 heterocycles. The van der Waals surface area contributed by atoms with Crippen LogP contribution in [-0.2, 0) is 0 Å². The van der Waals surface area contributed by atoms with Gasteiger partial charge in [-0.05, 0) is 44.7 Å². The van der Waals surface area contributed by atoms with Crippen molar-refractivity contribution < 1.29 is 9.53 Å². The van der Waals surface area contributed by atoms with Crippen molar-refractivity contribution >= 4 is 5.78 Å². The van der Waals surface area contributed by atoms with Crippen LogP contribution in [0.25, 0.3) is 0 Å². The minimum atomic E-state index is 0.129. The average molecular weight is 248 g/mol. The summed E-state index contributed by atoms with van der Waals surface area (Å²) in [5.41, 5.74) is 1.83. The minimum Gasteiger partial charge on any atom is -0.491 e. The van der Waals surface area contributed by atoms with Crippen LogP contribution in [0.2, 0.25) is 0 Å². The van der Waals surface area contributed by atoms with Gasteiger partial charge < -0.3 is 4.74 Å². The van der Waals surface area contributed by atoms with Gasteiger partial charge in [-0.3, -0.25) is 4.79 Å². The molecule has 0 spiro atoms. The fourth-order valence-electron chi connectivity index (χ4n) is 1.72. The molecule has 0 unspecified atom stereocenters. The van der Waals surface area contributed by atoms with E-state index in [0.29, 0.717) is 12.3 Å². The van der Waals surface area contributed by atoms with Crippen LogP contribution in [0.3, 0.4) is 0 Å². The van der Waals surface area contributed by atoms with E-state index >= 15 is 0 Å². The summed E-state index contributed by atoms with van der Waals surface area (Å²) in [6.07, 6.45) is 1.68. The Hall–Kier alpha value is -1.31. The number of hydrogen-bond acceptors (Lipinski definition) is 2. The molecular formula is C16H24O2. The maximum absolute atomic E-state index is 12.0. The van der Waals surface area contributed by atoms with Gasteiger partial charge in [0.2, 0.25) is 0 Å². The second kappa shape index (κ2) is 6.58. The summed E-state index contributed by atoms with van der Waals surface area (Å²) in [5.74, 6) is 1.59. The van der Waals surface area contributed by atoms with Crippen molar-refractivity contribution in [2.45, 2.75) is 53.6 Å². The number of ether oxygens (including phenoxy) is 1. The molecule has 0 bridgehead atoms. The van der Waals surface area contributed by atoms with Crippen LogP contribution in [0, 0.1) is 12.8 Å². The van der Waals surface area contributed by atoms with Crippen LogP contribution >= 0.6 is 0 Å². The number of ketones is 1. The molecule has 0 aliphatic rings. The molecule has 0 atom stereocenters. The van der Waals surface area contributed by atoms with Crippen LogP contribution in [-0.4, -0.2) is 11.9 Å². The predicted octanol–water partition coefficient (Wildman–Crippen LogP) is 4.40. The van der Waals surface area contributed by atoms with E-state index in [1.807, 2.05) is 39.0 Å². The van der Waals surface area contributed by atoms with Crippen LogP contribution in [0.5, 0.6) is 5.75 Å². The summed E-state index contributed by atoms with van der Waals surface area (Å²) in [4.78, 5) is 12.0. The van der Waals surface area contributed by atoms with Crippen molar-refractivity contribution in [3.05, 3.63) is 29.3 Å². The molecule has 0 saturated heterocycles. The second-order valence-electron chi connectivity index (χ2n) is 5.50. The average Bonchev–Trinajstić information content (AvgIpc) is 2.28. The van der Waals surface area contributed by atoms with E-state index in [-0.39, 0.29) is 11.9 Å². The molecule has 0 saturated carbocycles. The quantitative estimate of drug-likeness (QED) is 0.697. The number of aryl methyl sites for hydroxylation is 1. The minimum absolute atomic E-state index is 0.129. The van der Waals surface area contributed by atoms with E-state index in [2.05, 4.69) is 13.8 Å². The molecule has 0 aromatic heterocycles. The fraction of sp³-hybridized carbons (Fsp3) is 0.562. The van der Waals surface area contributed by atoms with Crippen molar-refractivity contribution in [1.82, 2.24) is 0 Å². The van der Waals surface area contributed by atoms with Crippen LogP contribution in [0.1, 0.15) is 56.5 Å². The molecule has 0 N–H and O–H groups in total. The van der Waals surface area contributed by atoms with E-state index in [0.717, 1.165) is 23.3 Å². The molecule has 1 aromatic carbocycles. The second-order valence-corrected chi connectivity index (χ2v) is 5.50. The Morgan fingerprint density at radius 2 is 1.89 bits per heavy atom. The number of Topliss-reactive ketones (excluding diaryl/α,β-unsaturated/α-hetero) is 1. The van der Waals surface area contributed by atoms with Gasteiger partial charge in [0.15, 0.2) is 5.78 Å². The standard InChI is InChI=1S/C16H24O2/c1-11(2)6-9-15(17)14-8-7-13(5)16(10-14)18-12(3)4/h7-8,10-12H,6,9H2,1-5H3. The van der Waals surface area contributed by atoms with E-state index in [1.54, 1.807) is 0 Å². The Morgan fingerprint density at radius 1 is 1.22 bits per heavy atom. The number of carbonyl (C=O) groups excluding carboxylic acids is 1. The first-order valence-electron chi connectivity index (χ1n) is 6.70. The Kier molecular flexibility index (Phi) is 5.39. The van der Waals surface area contributed by atoms with Crippen molar-refractivity contribution in [3.63, 3.8) is 0 Å². The number of hydrogen-bond donors (Lipinski definition) is 0. The summed E-state index contributed by atoms with van der Waals surface area (Å²) in [6.45, 7) is 10.3. The highest BCUT2D eigenvalue weighted by molar-refractivity contribution is 5.96. The fourth-order valence-corrected chi connectivity index (χ4v) is 1.72. The highest BCUT2D eigenvalue weighted by atomic mass is 16.5. The van der Waals surface area contributed by atoms with Crippen molar-refractivity contribution in [2.75, 3.05) is 0 Å². The number of carbonyl (C=O) groups is 1. The highest BCUT2D eigenvalue weighted by Gasteiger charge is 2.10. The van der Waals surface area contributed by atoms with E-state index in [1.165, 1.54) is 0 Å². The third-order valence-corrected chi connectivity index (χ3v) is 2.82. The maximum atomic E-state index is 12.0. The first kappa shape index (κ1) is 14.7. The van der Waals surface area contributed by atoms with Crippen molar-refractivity contribution in [1.29, 1.82) is 0 Å². The van der Waals surface area contributed by atoms with Gasteiger partial charge in [-0.25, -0.2) is 0 Å². The zero-order valence-corrected chi connectivity index (χ0v) is 12.1. The number of benzene rings is 1. The molecule has 2 heteroatoms. The number of rotatable bonds is 6. The molecule has 100 valence electrons. The zero-order valence-electron chi connectivity index (χ0n) is 12.1. The van der Waals surface area contributed by atoms with Gasteiger partial charge in [-0.1, -0.05) is 26.0 Å². The summed E-state index contributed by atoms with van der Waals surface area (Å²) >= 11 is 0. The molecular weight excluding hydrogens is 224 g/mol. The smallest absolute Gasteiger partial charge is 0.163 e. The lowest BCUT2D eigenvalue weighted by molar-refractivity contribution is 0.0974. The van der Waals surface area contributed by atoms with Gasteiger partial charge in [0, 0.05) is 12.0 Å². The normalized spacial score (nSPS) is 11.1. The molecule has 0 fully saturated rings. The van der Waals surface area contributed by atoms with Gasteiger partial charge in [0.25, 0.3) is 0 Å². The molecule has 0 aliphatic heterocycles. The Balaban J connectivity index is 2.80. The topological polar surface area (TPSA) is 26.3 Å². The van der Waals surface area contributed by atoms with Crippen LogP contribution < -0.4 is 4.74 Å². The molecule has 0 amide bonds. The lowest BCUT2D eigenvalue weighted by Crippen LogP contribution is -2.08. The summed E-state index contributed by atoms with van der Waals surface area (Å²) in [7, 11) is 0. The molecule has 0 radical (unpaired) electrons. The summed E-state index contributed by atoms with van der Waals surface area (Å²) in [5, 5.41) is 0. The summed E-state index contributed by atoms with van der Waals surface area (Å²) in [6, 6.07) is 5.73. The van der Waals surface area contributed by atoms with Gasteiger partial charge in [-0.2, -0.15) is 0 Å². The molecule has 2 nitrogen and oxygen atoms in total. The first-order chi connectivity index (χ1) is 8.40. The van der Waals surface area contributed by atoms with Gasteiger partial charge >= 0.3 is 0 Å². The van der Waals surface area contributed by atoms with E-state index in [9.17, 15) is 4.79 Å². The largest absolute Gasteiger partial charge is 0.491 e. The molecule has 18 heavy (non-hydrogen) atoms. The van der Waals surface area contributed by atoms with Crippen molar-refractivity contribution in [3.8, 4) is 5.75 Å². The molecule has 1 rings (SSSR count). The monoisotopic (exact) mass is 248 g/mol. The highest BCUT2D eigenvalue weighted by Crippen LogP contribution is 2.22. The Morgan fingerprint density at radius 3 is 2.44 bits per heavy atom. The third-order valence-electron chi connectivity index (χ3n) is 2.82. The lowest BCUT2D eigenvalue weighted by atomic mass is 10.0. The molecule has 0 aliphatic carbocycles. The first-order valence-corrected chi connectivity index (χ1v) is 6.70. The van der Waals surface area contributed by atoms with E-state index in [4.69, 9.17) is 4.74 Å². The van der Waals surface area contributed by atoms with Gasteiger partial charge in [0.1, 0.15) is 5.75 Å². The SMILES string of the molecule is Cc1ccc(C(=O)CCC(C)C)cc1OC(C)C. The molecule has 1 aromatic rings. The summed E-state index contributed by atoms with van der Waals surface area (Å²) < 4.78 is 5.71. The third kappa shape index (κ3) is 4.52. The van der Waals surface area contributed by atoms with Crippen LogP contribution in [0.15, 0.2) is 18.2 Å².